The van der Waals surface area contributed by atoms with Crippen molar-refractivity contribution < 1.29 is 5.21 Å². The largest absolute Gasteiger partial charge is 0.352 e. The Hall–Kier alpha value is -0.820. The Bertz CT molecular complexity index is 367. The van der Waals surface area contributed by atoms with Crippen molar-refractivity contribution in [2.75, 3.05) is 13.1 Å². The van der Waals surface area contributed by atoms with Crippen LogP contribution in [0.2, 0.25) is 0 Å². The van der Waals surface area contributed by atoms with Crippen molar-refractivity contribution in [2.45, 2.75) is 0 Å². The molecular weight excluding hydrogens is 293 g/mol. The van der Waals surface area contributed by atoms with E-state index in [4.69, 9.17) is 0 Å². The monoisotopic (exact) mass is 303 g/mol. The Morgan fingerprint density at radius 3 is 2.86 bits per heavy atom. The second kappa shape index (κ2) is 4.14. The molecule has 0 spiro atoms. The van der Waals surface area contributed by atoms with Gasteiger partial charge >= 0.3 is 0 Å². The van der Waals surface area contributed by atoms with Crippen LogP contribution in [-0.4, -0.2) is 29.3 Å². The molecule has 0 aromatic heterocycles. The van der Waals surface area contributed by atoms with Gasteiger partial charge in [0, 0.05) is 10.1 Å². The Labute approximate surface area is 95.7 Å². The highest BCUT2D eigenvalue weighted by Gasteiger charge is 2.15. The van der Waals surface area contributed by atoms with Crippen LogP contribution in [0, 0.1) is 3.57 Å². The second-order valence-corrected chi connectivity index (χ2v) is 4.10. The summed E-state index contributed by atoms with van der Waals surface area (Å²) in [5.41, 5.74) is 0.872. The number of hydrogen-bond acceptors (Lipinski definition) is 2. The minimum atomic E-state index is 0.522. The first-order valence-electron chi connectivity index (χ1n) is 4.31. The Kier molecular flexibility index (Phi) is 2.87. The summed E-state index contributed by atoms with van der Waals surface area (Å²) >= 11 is 2.22. The molecule has 0 saturated carbocycles. The SMILES string of the molecule is ON1CCN/C1=N\c1ccccc1I. The second-order valence-electron chi connectivity index (χ2n) is 2.94. The van der Waals surface area contributed by atoms with Crippen LogP contribution >= 0.6 is 22.6 Å². The Morgan fingerprint density at radius 2 is 2.21 bits per heavy atom. The Morgan fingerprint density at radius 1 is 1.43 bits per heavy atom. The fourth-order valence-corrected chi connectivity index (χ4v) is 1.73. The lowest BCUT2D eigenvalue weighted by Crippen LogP contribution is -2.26. The average Bonchev–Trinajstić information content (AvgIpc) is 2.56. The molecule has 0 amide bonds. The van der Waals surface area contributed by atoms with E-state index < -0.39 is 0 Å². The molecule has 0 radical (unpaired) electrons. The summed E-state index contributed by atoms with van der Waals surface area (Å²) in [5.74, 6) is 0.522. The molecule has 2 rings (SSSR count). The average molecular weight is 303 g/mol. The highest BCUT2D eigenvalue weighted by atomic mass is 127. The van der Waals surface area contributed by atoms with Gasteiger partial charge in [0.05, 0.1) is 12.2 Å². The van der Waals surface area contributed by atoms with Crippen LogP contribution in [0.25, 0.3) is 0 Å². The van der Waals surface area contributed by atoms with E-state index in [1.54, 1.807) is 0 Å². The van der Waals surface area contributed by atoms with Gasteiger partial charge in [-0.3, -0.25) is 5.21 Å². The van der Waals surface area contributed by atoms with Gasteiger partial charge in [-0.2, -0.15) is 0 Å². The van der Waals surface area contributed by atoms with Crippen LogP contribution in [0.15, 0.2) is 29.3 Å². The molecular formula is C9H10IN3O. The van der Waals surface area contributed by atoms with Gasteiger partial charge in [0.1, 0.15) is 0 Å². The molecule has 0 atom stereocenters. The number of nitrogens with zero attached hydrogens (tertiary/aromatic N) is 2. The van der Waals surface area contributed by atoms with Crippen LogP contribution < -0.4 is 5.32 Å². The maximum Gasteiger partial charge on any atom is 0.223 e. The number of nitrogens with one attached hydrogen (secondary N) is 1. The van der Waals surface area contributed by atoms with Crippen molar-refractivity contribution >= 4 is 34.2 Å². The summed E-state index contributed by atoms with van der Waals surface area (Å²) in [5, 5.41) is 13.5. The van der Waals surface area contributed by atoms with Gasteiger partial charge in [-0.15, -0.1) is 0 Å². The topological polar surface area (TPSA) is 47.9 Å². The van der Waals surface area contributed by atoms with Crippen molar-refractivity contribution in [3.8, 4) is 0 Å². The smallest absolute Gasteiger partial charge is 0.223 e. The van der Waals surface area contributed by atoms with Crippen molar-refractivity contribution in [1.82, 2.24) is 10.4 Å². The molecule has 1 aliphatic heterocycles. The van der Waals surface area contributed by atoms with E-state index in [2.05, 4.69) is 32.9 Å². The van der Waals surface area contributed by atoms with Crippen molar-refractivity contribution in [1.29, 1.82) is 0 Å². The minimum Gasteiger partial charge on any atom is -0.352 e. The lowest BCUT2D eigenvalue weighted by atomic mass is 10.3. The highest BCUT2D eigenvalue weighted by Crippen LogP contribution is 2.20. The molecule has 0 aliphatic carbocycles. The maximum absolute atomic E-state index is 9.38. The van der Waals surface area contributed by atoms with E-state index >= 15 is 0 Å². The van der Waals surface area contributed by atoms with E-state index in [-0.39, 0.29) is 0 Å². The normalized spacial score (nSPS) is 18.7. The predicted molar refractivity (Wildman–Crippen MR) is 62.7 cm³/mol. The summed E-state index contributed by atoms with van der Waals surface area (Å²) in [7, 11) is 0. The molecule has 14 heavy (non-hydrogen) atoms. The van der Waals surface area contributed by atoms with Crippen molar-refractivity contribution in [3.63, 3.8) is 0 Å². The molecule has 0 bridgehead atoms. The lowest BCUT2D eigenvalue weighted by Gasteiger charge is -2.07. The standard InChI is InChI=1S/C9H10IN3O/c10-7-3-1-2-4-8(7)12-9-11-5-6-13(9)14/h1-4,14H,5-6H2,(H,11,12). The molecule has 1 aromatic carbocycles. The molecule has 1 heterocycles. The molecule has 1 saturated heterocycles. The van der Waals surface area contributed by atoms with E-state index in [1.165, 1.54) is 0 Å². The third-order valence-corrected chi connectivity index (χ3v) is 2.84. The first-order chi connectivity index (χ1) is 6.77. The fraction of sp³-hybridized carbons (Fsp3) is 0.222. The van der Waals surface area contributed by atoms with E-state index in [0.29, 0.717) is 12.5 Å². The summed E-state index contributed by atoms with van der Waals surface area (Å²) < 4.78 is 1.07. The Balaban J connectivity index is 2.29. The van der Waals surface area contributed by atoms with Crippen molar-refractivity contribution in [2.24, 2.45) is 4.99 Å². The minimum absolute atomic E-state index is 0.522. The van der Waals surface area contributed by atoms with Gasteiger partial charge in [-0.05, 0) is 34.7 Å². The van der Waals surface area contributed by atoms with Gasteiger partial charge in [0.2, 0.25) is 5.96 Å². The third-order valence-electron chi connectivity index (χ3n) is 1.93. The zero-order valence-corrected chi connectivity index (χ0v) is 9.60. The number of para-hydroxylation sites is 1. The molecule has 1 aromatic rings. The van der Waals surface area contributed by atoms with Crippen LogP contribution in [0.4, 0.5) is 5.69 Å². The van der Waals surface area contributed by atoms with Crippen LogP contribution in [0.5, 0.6) is 0 Å². The van der Waals surface area contributed by atoms with Gasteiger partial charge in [0.15, 0.2) is 0 Å². The van der Waals surface area contributed by atoms with Gasteiger partial charge in [-0.1, -0.05) is 12.1 Å². The molecule has 2 N–H and O–H groups in total. The molecule has 74 valence electrons. The zero-order chi connectivity index (χ0) is 9.97. The van der Waals surface area contributed by atoms with Gasteiger partial charge < -0.3 is 5.32 Å². The van der Waals surface area contributed by atoms with Gasteiger partial charge in [-0.25, -0.2) is 10.1 Å². The number of guanidine groups is 1. The summed E-state index contributed by atoms with van der Waals surface area (Å²) in [4.78, 5) is 4.31. The summed E-state index contributed by atoms with van der Waals surface area (Å²) in [6.07, 6.45) is 0. The third kappa shape index (κ3) is 1.98. The van der Waals surface area contributed by atoms with Gasteiger partial charge in [0.25, 0.3) is 0 Å². The van der Waals surface area contributed by atoms with Crippen molar-refractivity contribution in [3.05, 3.63) is 27.8 Å². The zero-order valence-electron chi connectivity index (χ0n) is 7.44. The number of rotatable bonds is 1. The van der Waals surface area contributed by atoms with Crippen LogP contribution in [0.3, 0.4) is 0 Å². The lowest BCUT2D eigenvalue weighted by molar-refractivity contribution is -0.00126. The molecule has 5 heteroatoms. The fourth-order valence-electron chi connectivity index (χ4n) is 1.22. The van der Waals surface area contributed by atoms with E-state index in [9.17, 15) is 5.21 Å². The quantitative estimate of drug-likeness (QED) is 0.774. The first kappa shape index (κ1) is 9.72. The summed E-state index contributed by atoms with van der Waals surface area (Å²) in [6.45, 7) is 1.32. The first-order valence-corrected chi connectivity index (χ1v) is 5.39. The van der Waals surface area contributed by atoms with Crippen LogP contribution in [0.1, 0.15) is 0 Å². The molecule has 0 unspecified atom stereocenters. The van der Waals surface area contributed by atoms with E-state index in [1.807, 2.05) is 24.3 Å². The predicted octanol–water partition coefficient (Wildman–Crippen LogP) is 1.57. The van der Waals surface area contributed by atoms with E-state index in [0.717, 1.165) is 20.9 Å². The molecule has 1 fully saturated rings. The maximum atomic E-state index is 9.38. The number of hydroxylamine groups is 2. The number of aliphatic imine (C=N–C) groups is 1. The highest BCUT2D eigenvalue weighted by molar-refractivity contribution is 14.1. The number of benzene rings is 1. The summed E-state index contributed by atoms with van der Waals surface area (Å²) in [6, 6.07) is 7.79. The molecule has 1 aliphatic rings. The number of halogens is 1. The molecule has 4 nitrogen and oxygen atoms in total. The number of hydrogen-bond donors (Lipinski definition) is 2. The van der Waals surface area contributed by atoms with Crippen LogP contribution in [-0.2, 0) is 0 Å².